The Morgan fingerprint density at radius 3 is 2.72 bits per heavy atom. The van der Waals surface area contributed by atoms with Gasteiger partial charge >= 0.3 is 0 Å². The Hall–Kier alpha value is -2.80. The zero-order valence-electron chi connectivity index (χ0n) is 13.9. The topological polar surface area (TPSA) is 79.8 Å². The standard InChI is InChI=1S/C18H18N4O2S/c1-3-22-17(24)14-5-4-13(10-15(14)21-18(22)25)16(23)20-11(2)12-6-8-19-9-7-12/h4-11H,3H2,1-2H3,(H,20,23)(H,21,25)/t11-/m0/s1. The molecular weight excluding hydrogens is 336 g/mol. The number of carbonyl (C=O) groups is 1. The summed E-state index contributed by atoms with van der Waals surface area (Å²) in [5.74, 6) is -0.217. The molecule has 0 saturated carbocycles. The Balaban J connectivity index is 1.93. The Kier molecular flexibility index (Phi) is 4.76. The fourth-order valence-corrected chi connectivity index (χ4v) is 3.02. The molecular formula is C18H18N4O2S. The van der Waals surface area contributed by atoms with Gasteiger partial charge in [-0.05, 0) is 62.0 Å². The second kappa shape index (κ2) is 6.98. The van der Waals surface area contributed by atoms with E-state index in [1.165, 1.54) is 4.57 Å². The number of amides is 1. The number of aromatic nitrogens is 3. The number of nitrogens with zero attached hydrogens (tertiary/aromatic N) is 2. The van der Waals surface area contributed by atoms with Crippen LogP contribution in [0.15, 0.2) is 47.5 Å². The fraction of sp³-hybridized carbons (Fsp3) is 0.222. The average molecular weight is 354 g/mol. The van der Waals surface area contributed by atoms with Crippen molar-refractivity contribution in [1.82, 2.24) is 19.9 Å². The van der Waals surface area contributed by atoms with Crippen LogP contribution in [-0.4, -0.2) is 20.4 Å². The van der Waals surface area contributed by atoms with Crippen molar-refractivity contribution in [3.8, 4) is 0 Å². The third kappa shape index (κ3) is 3.36. The maximum absolute atomic E-state index is 12.5. The van der Waals surface area contributed by atoms with Gasteiger partial charge in [-0.15, -0.1) is 0 Å². The summed E-state index contributed by atoms with van der Waals surface area (Å²) >= 11 is 5.21. The molecule has 2 heterocycles. The van der Waals surface area contributed by atoms with E-state index in [9.17, 15) is 9.59 Å². The predicted molar refractivity (Wildman–Crippen MR) is 99.2 cm³/mol. The molecule has 0 unspecified atom stereocenters. The average Bonchev–Trinajstić information content (AvgIpc) is 2.62. The highest BCUT2D eigenvalue weighted by molar-refractivity contribution is 7.71. The SMILES string of the molecule is CCn1c(=S)[nH]c2cc(C(=O)N[C@@H](C)c3ccncc3)ccc2c1=O. The molecule has 1 amide bonds. The van der Waals surface area contributed by atoms with Gasteiger partial charge in [-0.25, -0.2) is 0 Å². The first-order valence-electron chi connectivity index (χ1n) is 7.99. The molecule has 0 aliphatic carbocycles. The third-order valence-corrected chi connectivity index (χ3v) is 4.44. The fourth-order valence-electron chi connectivity index (χ4n) is 2.70. The molecule has 1 aromatic carbocycles. The van der Waals surface area contributed by atoms with Crippen LogP contribution >= 0.6 is 12.2 Å². The highest BCUT2D eigenvalue weighted by Crippen LogP contribution is 2.14. The Morgan fingerprint density at radius 2 is 2.04 bits per heavy atom. The van der Waals surface area contributed by atoms with Gasteiger partial charge in [0, 0.05) is 24.5 Å². The summed E-state index contributed by atoms with van der Waals surface area (Å²) < 4.78 is 1.84. The molecule has 0 saturated heterocycles. The van der Waals surface area contributed by atoms with E-state index < -0.39 is 0 Å². The number of nitrogens with one attached hydrogen (secondary N) is 2. The summed E-state index contributed by atoms with van der Waals surface area (Å²) in [6.07, 6.45) is 3.37. The van der Waals surface area contributed by atoms with Gasteiger partial charge in [0.05, 0.1) is 16.9 Å². The van der Waals surface area contributed by atoms with Gasteiger partial charge in [-0.3, -0.25) is 19.1 Å². The lowest BCUT2D eigenvalue weighted by Gasteiger charge is -2.14. The van der Waals surface area contributed by atoms with E-state index in [1.807, 2.05) is 26.0 Å². The van der Waals surface area contributed by atoms with Crippen molar-refractivity contribution in [2.45, 2.75) is 26.4 Å². The first kappa shape index (κ1) is 17.0. The van der Waals surface area contributed by atoms with Crippen LogP contribution in [0.3, 0.4) is 0 Å². The first-order chi connectivity index (χ1) is 12.0. The zero-order valence-corrected chi connectivity index (χ0v) is 14.8. The van der Waals surface area contributed by atoms with Crippen LogP contribution in [0.25, 0.3) is 10.9 Å². The monoisotopic (exact) mass is 354 g/mol. The van der Waals surface area contributed by atoms with E-state index in [4.69, 9.17) is 12.2 Å². The molecule has 128 valence electrons. The van der Waals surface area contributed by atoms with Crippen molar-refractivity contribution in [3.63, 3.8) is 0 Å². The molecule has 25 heavy (non-hydrogen) atoms. The maximum atomic E-state index is 12.5. The Morgan fingerprint density at radius 1 is 1.32 bits per heavy atom. The van der Waals surface area contributed by atoms with Crippen LogP contribution in [0.2, 0.25) is 0 Å². The molecule has 3 rings (SSSR count). The first-order valence-corrected chi connectivity index (χ1v) is 8.39. The predicted octanol–water partition coefficient (Wildman–Crippen LogP) is 2.96. The van der Waals surface area contributed by atoms with E-state index in [0.29, 0.717) is 27.8 Å². The summed E-state index contributed by atoms with van der Waals surface area (Å²) in [6.45, 7) is 4.26. The number of benzene rings is 1. The minimum Gasteiger partial charge on any atom is -0.346 e. The number of pyridine rings is 1. The Bertz CT molecular complexity index is 1040. The second-order valence-electron chi connectivity index (χ2n) is 5.72. The van der Waals surface area contributed by atoms with Crippen molar-refractivity contribution in [1.29, 1.82) is 0 Å². The van der Waals surface area contributed by atoms with Crippen molar-refractivity contribution in [2.75, 3.05) is 0 Å². The number of hydrogen-bond donors (Lipinski definition) is 2. The van der Waals surface area contributed by atoms with Crippen molar-refractivity contribution in [2.24, 2.45) is 0 Å². The molecule has 0 spiro atoms. The second-order valence-corrected chi connectivity index (χ2v) is 6.10. The summed E-state index contributed by atoms with van der Waals surface area (Å²) in [7, 11) is 0. The normalized spacial score (nSPS) is 12.1. The lowest BCUT2D eigenvalue weighted by atomic mass is 10.1. The lowest BCUT2D eigenvalue weighted by molar-refractivity contribution is 0.0940. The van der Waals surface area contributed by atoms with Crippen LogP contribution in [0, 0.1) is 4.77 Å². The lowest BCUT2D eigenvalue weighted by Crippen LogP contribution is -2.27. The number of aromatic amines is 1. The molecule has 0 aliphatic heterocycles. The smallest absolute Gasteiger partial charge is 0.262 e. The summed E-state index contributed by atoms with van der Waals surface area (Å²) in [5.41, 5.74) is 1.84. The van der Waals surface area contributed by atoms with Crippen LogP contribution in [0.4, 0.5) is 0 Å². The van der Waals surface area contributed by atoms with Gasteiger partial charge in [-0.2, -0.15) is 0 Å². The summed E-state index contributed by atoms with van der Waals surface area (Å²) in [6, 6.07) is 8.51. The highest BCUT2D eigenvalue weighted by Gasteiger charge is 2.13. The van der Waals surface area contributed by atoms with Crippen LogP contribution in [0.5, 0.6) is 0 Å². The van der Waals surface area contributed by atoms with Gasteiger partial charge in [0.1, 0.15) is 0 Å². The van der Waals surface area contributed by atoms with Crippen LogP contribution in [0.1, 0.15) is 35.8 Å². The molecule has 0 aliphatic rings. The molecule has 0 bridgehead atoms. The summed E-state index contributed by atoms with van der Waals surface area (Å²) in [5, 5.41) is 3.45. The van der Waals surface area contributed by atoms with E-state index in [1.54, 1.807) is 30.6 Å². The quantitative estimate of drug-likeness (QED) is 0.706. The molecule has 0 fully saturated rings. The molecule has 2 N–H and O–H groups in total. The number of H-pyrrole nitrogens is 1. The van der Waals surface area contributed by atoms with E-state index >= 15 is 0 Å². The number of fused-ring (bicyclic) bond motifs is 1. The van der Waals surface area contributed by atoms with Crippen LogP contribution < -0.4 is 10.9 Å². The van der Waals surface area contributed by atoms with Crippen molar-refractivity contribution >= 4 is 29.0 Å². The van der Waals surface area contributed by atoms with Gasteiger partial charge in [0.15, 0.2) is 4.77 Å². The van der Waals surface area contributed by atoms with Crippen LogP contribution in [-0.2, 0) is 6.54 Å². The minimum atomic E-state index is -0.217. The molecule has 2 aromatic heterocycles. The van der Waals surface area contributed by atoms with Gasteiger partial charge in [0.2, 0.25) is 0 Å². The molecule has 1 atom stereocenters. The maximum Gasteiger partial charge on any atom is 0.262 e. The number of rotatable bonds is 4. The third-order valence-electron chi connectivity index (χ3n) is 4.11. The molecule has 0 radical (unpaired) electrons. The molecule has 7 heteroatoms. The Labute approximate surface area is 149 Å². The van der Waals surface area contributed by atoms with Crippen molar-refractivity contribution < 1.29 is 4.79 Å². The number of hydrogen-bond acceptors (Lipinski definition) is 4. The van der Waals surface area contributed by atoms with Crippen molar-refractivity contribution in [3.05, 3.63) is 69.0 Å². The zero-order chi connectivity index (χ0) is 18.0. The van der Waals surface area contributed by atoms with E-state index in [-0.39, 0.29) is 17.5 Å². The van der Waals surface area contributed by atoms with Gasteiger partial charge < -0.3 is 10.3 Å². The minimum absolute atomic E-state index is 0.154. The molecule has 3 aromatic rings. The highest BCUT2D eigenvalue weighted by atomic mass is 32.1. The van der Waals surface area contributed by atoms with Gasteiger partial charge in [-0.1, -0.05) is 0 Å². The van der Waals surface area contributed by atoms with Gasteiger partial charge in [0.25, 0.3) is 11.5 Å². The molecule has 6 nitrogen and oxygen atoms in total. The number of carbonyl (C=O) groups excluding carboxylic acids is 1. The van der Waals surface area contributed by atoms with E-state index in [2.05, 4.69) is 15.3 Å². The summed E-state index contributed by atoms with van der Waals surface area (Å²) in [4.78, 5) is 31.9. The largest absolute Gasteiger partial charge is 0.346 e. The van der Waals surface area contributed by atoms with E-state index in [0.717, 1.165) is 5.56 Å².